The molecular formula is C12H17N5OS. The Morgan fingerprint density at radius 1 is 1.47 bits per heavy atom. The molecule has 2 rings (SSSR count). The van der Waals surface area contributed by atoms with Crippen LogP contribution in [0.25, 0.3) is 0 Å². The third kappa shape index (κ3) is 2.65. The van der Waals surface area contributed by atoms with Crippen molar-refractivity contribution in [2.24, 2.45) is 0 Å². The summed E-state index contributed by atoms with van der Waals surface area (Å²) in [5.41, 5.74) is 9.48. The van der Waals surface area contributed by atoms with Crippen LogP contribution in [0.5, 0.6) is 0 Å². The number of anilines is 1. The number of nitrogen functional groups attached to an aromatic ring is 1. The van der Waals surface area contributed by atoms with Crippen LogP contribution in [-0.4, -0.2) is 19.7 Å². The average Bonchev–Trinajstić information content (AvgIpc) is 2.75. The van der Waals surface area contributed by atoms with Crippen molar-refractivity contribution in [3.8, 4) is 0 Å². The number of aryl methyl sites for hydroxylation is 1. The zero-order valence-electron chi connectivity index (χ0n) is 11.2. The molecule has 2 heterocycles. The Morgan fingerprint density at radius 3 is 2.89 bits per heavy atom. The number of thioether (sulfide) groups is 1. The molecule has 6 nitrogen and oxygen atoms in total. The third-order valence-corrected chi connectivity index (χ3v) is 4.04. The Balaban J connectivity index is 2.19. The molecule has 0 unspecified atom stereocenters. The smallest absolute Gasteiger partial charge is 0.343 e. The zero-order chi connectivity index (χ0) is 14.0. The minimum absolute atomic E-state index is 0.182. The summed E-state index contributed by atoms with van der Waals surface area (Å²) in [5.74, 6) is 0.639. The van der Waals surface area contributed by atoms with Crippen LogP contribution in [0.3, 0.4) is 0 Å². The molecule has 0 fully saturated rings. The standard InChI is InChI=1S/C12H17N5OS/c1-4-17-11(18)15-16-12(17)19-6-9-8(3)10(13)7(2)5-14-9/h5H,4,6H2,1-3H3,(H2,13,14)(H,15,18). The van der Waals surface area contributed by atoms with Crippen LogP contribution < -0.4 is 11.4 Å². The van der Waals surface area contributed by atoms with E-state index in [-0.39, 0.29) is 5.69 Å². The van der Waals surface area contributed by atoms with Crippen molar-refractivity contribution in [3.63, 3.8) is 0 Å². The Hall–Kier alpha value is -1.76. The lowest BCUT2D eigenvalue weighted by atomic mass is 10.1. The fourth-order valence-electron chi connectivity index (χ4n) is 1.76. The van der Waals surface area contributed by atoms with E-state index in [1.165, 1.54) is 11.8 Å². The van der Waals surface area contributed by atoms with Crippen molar-refractivity contribution in [1.82, 2.24) is 19.7 Å². The van der Waals surface area contributed by atoms with Gasteiger partial charge in [-0.25, -0.2) is 9.89 Å². The number of hydrogen-bond acceptors (Lipinski definition) is 5. The maximum atomic E-state index is 11.4. The maximum absolute atomic E-state index is 11.4. The van der Waals surface area contributed by atoms with Crippen molar-refractivity contribution in [1.29, 1.82) is 0 Å². The highest BCUT2D eigenvalue weighted by molar-refractivity contribution is 7.98. The number of pyridine rings is 1. The van der Waals surface area contributed by atoms with E-state index in [1.807, 2.05) is 20.8 Å². The summed E-state index contributed by atoms with van der Waals surface area (Å²) in [4.78, 5) is 15.8. The lowest BCUT2D eigenvalue weighted by molar-refractivity contribution is 0.660. The minimum Gasteiger partial charge on any atom is -0.398 e. The van der Waals surface area contributed by atoms with Crippen LogP contribution in [0, 0.1) is 13.8 Å². The monoisotopic (exact) mass is 279 g/mol. The van der Waals surface area contributed by atoms with Gasteiger partial charge in [-0.2, -0.15) is 0 Å². The molecule has 0 saturated heterocycles. The Labute approximate surface area is 115 Å². The molecule has 0 aliphatic carbocycles. The number of hydrogen-bond donors (Lipinski definition) is 2. The molecule has 0 atom stereocenters. The van der Waals surface area contributed by atoms with Gasteiger partial charge < -0.3 is 5.73 Å². The fourth-order valence-corrected chi connectivity index (χ4v) is 2.80. The SMILES string of the molecule is CCn1c(SCc2ncc(C)c(N)c2C)n[nH]c1=O. The summed E-state index contributed by atoms with van der Waals surface area (Å²) in [6, 6.07) is 0. The van der Waals surface area contributed by atoms with Crippen molar-refractivity contribution >= 4 is 17.4 Å². The van der Waals surface area contributed by atoms with Crippen LogP contribution in [0.15, 0.2) is 16.1 Å². The third-order valence-electron chi connectivity index (χ3n) is 3.05. The van der Waals surface area contributed by atoms with Gasteiger partial charge in [-0.1, -0.05) is 11.8 Å². The summed E-state index contributed by atoms with van der Waals surface area (Å²) in [5, 5.41) is 7.13. The van der Waals surface area contributed by atoms with E-state index in [9.17, 15) is 4.79 Å². The van der Waals surface area contributed by atoms with Crippen molar-refractivity contribution in [2.45, 2.75) is 38.2 Å². The number of nitrogens with two attached hydrogens (primary N) is 1. The normalized spacial score (nSPS) is 10.9. The second kappa shape index (κ2) is 5.48. The van der Waals surface area contributed by atoms with Gasteiger partial charge in [0.2, 0.25) is 0 Å². The molecule has 7 heteroatoms. The van der Waals surface area contributed by atoms with Gasteiger partial charge in [-0.3, -0.25) is 9.55 Å². The summed E-state index contributed by atoms with van der Waals surface area (Å²) >= 11 is 1.48. The van der Waals surface area contributed by atoms with Gasteiger partial charge in [0.25, 0.3) is 0 Å². The van der Waals surface area contributed by atoms with Crippen molar-refractivity contribution < 1.29 is 0 Å². The first-order chi connectivity index (χ1) is 9.04. The number of rotatable bonds is 4. The van der Waals surface area contributed by atoms with Crippen LogP contribution in [0.1, 0.15) is 23.7 Å². The highest BCUT2D eigenvalue weighted by Crippen LogP contribution is 2.24. The molecule has 0 aromatic carbocycles. The van der Waals surface area contributed by atoms with E-state index in [4.69, 9.17) is 5.73 Å². The van der Waals surface area contributed by atoms with Crippen LogP contribution in [-0.2, 0) is 12.3 Å². The molecule has 0 bridgehead atoms. The quantitative estimate of drug-likeness (QED) is 0.827. The predicted molar refractivity (Wildman–Crippen MR) is 76.2 cm³/mol. The summed E-state index contributed by atoms with van der Waals surface area (Å²) in [7, 11) is 0. The largest absolute Gasteiger partial charge is 0.398 e. The molecule has 2 aromatic heterocycles. The first-order valence-electron chi connectivity index (χ1n) is 6.03. The molecule has 0 radical (unpaired) electrons. The zero-order valence-corrected chi connectivity index (χ0v) is 12.0. The van der Waals surface area contributed by atoms with Gasteiger partial charge in [0, 0.05) is 24.2 Å². The average molecular weight is 279 g/mol. The number of H-pyrrole nitrogens is 1. The Morgan fingerprint density at radius 2 is 2.21 bits per heavy atom. The first-order valence-corrected chi connectivity index (χ1v) is 7.01. The van der Waals surface area contributed by atoms with Crippen LogP contribution in [0.2, 0.25) is 0 Å². The fraction of sp³-hybridized carbons (Fsp3) is 0.417. The molecule has 3 N–H and O–H groups in total. The van der Waals surface area contributed by atoms with Crippen LogP contribution >= 0.6 is 11.8 Å². The molecule has 2 aromatic rings. The lowest BCUT2D eigenvalue weighted by Crippen LogP contribution is -2.16. The summed E-state index contributed by atoms with van der Waals surface area (Å²) < 4.78 is 1.59. The van der Waals surface area contributed by atoms with Gasteiger partial charge in [0.15, 0.2) is 5.16 Å². The van der Waals surface area contributed by atoms with E-state index < -0.39 is 0 Å². The second-order valence-corrected chi connectivity index (χ2v) is 5.21. The van der Waals surface area contributed by atoms with Gasteiger partial charge in [-0.05, 0) is 31.9 Å². The molecule has 19 heavy (non-hydrogen) atoms. The van der Waals surface area contributed by atoms with Crippen LogP contribution in [0.4, 0.5) is 5.69 Å². The molecule has 0 aliphatic rings. The molecule has 0 saturated carbocycles. The number of nitrogens with zero attached hydrogens (tertiary/aromatic N) is 3. The summed E-state index contributed by atoms with van der Waals surface area (Å²) in [6.45, 7) is 6.41. The van der Waals surface area contributed by atoms with Gasteiger partial charge in [0.1, 0.15) is 0 Å². The van der Waals surface area contributed by atoms with E-state index >= 15 is 0 Å². The number of aromatic nitrogens is 4. The molecular weight excluding hydrogens is 262 g/mol. The van der Waals surface area contributed by atoms with E-state index in [2.05, 4.69) is 15.2 Å². The number of nitrogens with one attached hydrogen (secondary N) is 1. The molecule has 102 valence electrons. The Kier molecular flexibility index (Phi) is 3.94. The minimum atomic E-state index is -0.182. The molecule has 0 amide bonds. The second-order valence-electron chi connectivity index (χ2n) is 4.27. The van der Waals surface area contributed by atoms with Crippen molar-refractivity contribution in [2.75, 3.05) is 5.73 Å². The summed E-state index contributed by atoms with van der Waals surface area (Å²) in [6.07, 6.45) is 1.77. The molecule has 0 aliphatic heterocycles. The van der Waals surface area contributed by atoms with Gasteiger partial charge >= 0.3 is 5.69 Å². The highest BCUT2D eigenvalue weighted by Gasteiger charge is 2.10. The topological polar surface area (TPSA) is 89.6 Å². The van der Waals surface area contributed by atoms with Gasteiger partial charge in [0.05, 0.1) is 5.69 Å². The lowest BCUT2D eigenvalue weighted by Gasteiger charge is -2.09. The van der Waals surface area contributed by atoms with Gasteiger partial charge in [-0.15, -0.1) is 5.10 Å². The molecule has 0 spiro atoms. The highest BCUT2D eigenvalue weighted by atomic mass is 32.2. The maximum Gasteiger partial charge on any atom is 0.343 e. The van der Waals surface area contributed by atoms with E-state index in [0.717, 1.165) is 22.5 Å². The van der Waals surface area contributed by atoms with E-state index in [0.29, 0.717) is 17.5 Å². The first kappa shape index (κ1) is 13.7. The number of aromatic amines is 1. The Bertz CT molecular complexity index is 646. The van der Waals surface area contributed by atoms with Crippen molar-refractivity contribution in [3.05, 3.63) is 33.5 Å². The van der Waals surface area contributed by atoms with E-state index in [1.54, 1.807) is 10.8 Å². The predicted octanol–water partition coefficient (Wildman–Crippen LogP) is 1.48.